The Morgan fingerprint density at radius 3 is 2.35 bits per heavy atom. The molecule has 1 atom stereocenters. The van der Waals surface area contributed by atoms with Crippen LogP contribution in [-0.4, -0.2) is 19.8 Å². The highest BCUT2D eigenvalue weighted by molar-refractivity contribution is 5.23. The lowest BCUT2D eigenvalue weighted by Gasteiger charge is -2.15. The number of hydrogen-bond donors (Lipinski definition) is 1. The van der Waals surface area contributed by atoms with Crippen molar-refractivity contribution in [3.63, 3.8) is 0 Å². The second-order valence-corrected chi connectivity index (χ2v) is 5.06. The van der Waals surface area contributed by atoms with Crippen molar-refractivity contribution >= 4 is 0 Å². The van der Waals surface area contributed by atoms with Crippen LogP contribution in [0.2, 0.25) is 0 Å². The molecule has 1 aromatic rings. The first-order chi connectivity index (χ1) is 8.09. The molecule has 1 N–H and O–H groups in total. The maximum absolute atomic E-state index is 5.54. The highest BCUT2D eigenvalue weighted by Gasteiger charge is 2.03. The number of rotatable bonds is 7. The van der Waals surface area contributed by atoms with Crippen LogP contribution < -0.4 is 5.32 Å². The monoisotopic (exact) mass is 235 g/mol. The average Bonchev–Trinajstić information content (AvgIpc) is 2.29. The third-order valence-corrected chi connectivity index (χ3v) is 2.73. The van der Waals surface area contributed by atoms with Crippen LogP contribution in [0.1, 0.15) is 37.9 Å². The molecule has 2 heteroatoms. The molecule has 1 unspecified atom stereocenters. The zero-order valence-electron chi connectivity index (χ0n) is 11.5. The standard InChI is InChI=1S/C15H25NO/c1-12(2)11-17-10-9-16-14(4)15-7-5-13(3)6-8-15/h5-8,12,14,16H,9-11H2,1-4H3. The van der Waals surface area contributed by atoms with Gasteiger partial charge in [-0.1, -0.05) is 43.7 Å². The normalized spacial score (nSPS) is 13.0. The van der Waals surface area contributed by atoms with Gasteiger partial charge in [0.2, 0.25) is 0 Å². The Labute approximate surface area is 105 Å². The number of hydrogen-bond acceptors (Lipinski definition) is 2. The SMILES string of the molecule is Cc1ccc(C(C)NCCOCC(C)C)cc1. The van der Waals surface area contributed by atoms with Gasteiger partial charge in [0.15, 0.2) is 0 Å². The maximum atomic E-state index is 5.54. The number of benzene rings is 1. The van der Waals surface area contributed by atoms with E-state index in [1.54, 1.807) is 0 Å². The minimum Gasteiger partial charge on any atom is -0.380 e. The maximum Gasteiger partial charge on any atom is 0.0591 e. The first kappa shape index (κ1) is 14.2. The van der Waals surface area contributed by atoms with Crippen molar-refractivity contribution in [3.8, 4) is 0 Å². The molecule has 0 aromatic heterocycles. The summed E-state index contributed by atoms with van der Waals surface area (Å²) in [6.07, 6.45) is 0. The van der Waals surface area contributed by atoms with Crippen LogP contribution in [0.5, 0.6) is 0 Å². The molecule has 1 aromatic carbocycles. The topological polar surface area (TPSA) is 21.3 Å². The lowest BCUT2D eigenvalue weighted by molar-refractivity contribution is 0.110. The number of ether oxygens (including phenoxy) is 1. The first-order valence-corrected chi connectivity index (χ1v) is 6.47. The smallest absolute Gasteiger partial charge is 0.0591 e. The van der Waals surface area contributed by atoms with E-state index in [0.717, 1.165) is 19.8 Å². The summed E-state index contributed by atoms with van der Waals surface area (Å²) in [5.41, 5.74) is 2.64. The molecular formula is C15H25NO. The molecule has 2 nitrogen and oxygen atoms in total. The van der Waals surface area contributed by atoms with Crippen LogP contribution in [0.15, 0.2) is 24.3 Å². The summed E-state index contributed by atoms with van der Waals surface area (Å²) in [6.45, 7) is 11.2. The van der Waals surface area contributed by atoms with Crippen LogP contribution in [0.4, 0.5) is 0 Å². The van der Waals surface area contributed by atoms with Crippen LogP contribution in [0.3, 0.4) is 0 Å². The predicted octanol–water partition coefficient (Wildman–Crippen LogP) is 3.32. The minimum absolute atomic E-state index is 0.387. The van der Waals surface area contributed by atoms with Crippen LogP contribution in [-0.2, 0) is 4.74 Å². The molecular weight excluding hydrogens is 210 g/mol. The van der Waals surface area contributed by atoms with Crippen molar-refractivity contribution in [2.45, 2.75) is 33.7 Å². The van der Waals surface area contributed by atoms with Crippen molar-refractivity contribution in [3.05, 3.63) is 35.4 Å². The fourth-order valence-electron chi connectivity index (χ4n) is 1.64. The van der Waals surface area contributed by atoms with Gasteiger partial charge in [-0.3, -0.25) is 0 Å². The van der Waals surface area contributed by atoms with Crippen molar-refractivity contribution < 1.29 is 4.74 Å². The third kappa shape index (κ3) is 5.85. The number of aryl methyl sites for hydroxylation is 1. The summed E-state index contributed by atoms with van der Waals surface area (Å²) in [4.78, 5) is 0. The molecule has 0 heterocycles. The van der Waals surface area contributed by atoms with E-state index < -0.39 is 0 Å². The summed E-state index contributed by atoms with van der Waals surface area (Å²) < 4.78 is 5.54. The third-order valence-electron chi connectivity index (χ3n) is 2.73. The van der Waals surface area contributed by atoms with Gasteiger partial charge in [0, 0.05) is 19.2 Å². The van der Waals surface area contributed by atoms with E-state index in [1.807, 2.05) is 0 Å². The summed E-state index contributed by atoms with van der Waals surface area (Å²) >= 11 is 0. The van der Waals surface area contributed by atoms with E-state index in [9.17, 15) is 0 Å². The summed E-state index contributed by atoms with van der Waals surface area (Å²) in [7, 11) is 0. The van der Waals surface area contributed by atoms with Gasteiger partial charge in [-0.25, -0.2) is 0 Å². The van der Waals surface area contributed by atoms with Gasteiger partial charge in [-0.15, -0.1) is 0 Å². The second-order valence-electron chi connectivity index (χ2n) is 5.06. The molecule has 96 valence electrons. The zero-order chi connectivity index (χ0) is 12.7. The van der Waals surface area contributed by atoms with E-state index >= 15 is 0 Å². The second kappa shape index (κ2) is 7.46. The van der Waals surface area contributed by atoms with Crippen molar-refractivity contribution in [1.82, 2.24) is 5.32 Å². The van der Waals surface area contributed by atoms with E-state index in [0.29, 0.717) is 12.0 Å². The van der Waals surface area contributed by atoms with Gasteiger partial charge in [0.1, 0.15) is 0 Å². The molecule has 0 aliphatic rings. The molecule has 1 rings (SSSR count). The van der Waals surface area contributed by atoms with Crippen molar-refractivity contribution in [2.75, 3.05) is 19.8 Å². The Morgan fingerprint density at radius 1 is 1.12 bits per heavy atom. The molecule has 0 aliphatic heterocycles. The molecule has 0 bridgehead atoms. The molecule has 0 saturated heterocycles. The lowest BCUT2D eigenvalue weighted by atomic mass is 10.1. The molecule has 0 aliphatic carbocycles. The van der Waals surface area contributed by atoms with Crippen LogP contribution in [0, 0.1) is 12.8 Å². The minimum atomic E-state index is 0.387. The fourth-order valence-corrected chi connectivity index (χ4v) is 1.64. The fraction of sp³-hybridized carbons (Fsp3) is 0.600. The van der Waals surface area contributed by atoms with Gasteiger partial charge in [-0.2, -0.15) is 0 Å². The number of nitrogens with one attached hydrogen (secondary N) is 1. The molecule has 17 heavy (non-hydrogen) atoms. The molecule has 0 amide bonds. The van der Waals surface area contributed by atoms with Crippen molar-refractivity contribution in [2.24, 2.45) is 5.92 Å². The summed E-state index contributed by atoms with van der Waals surface area (Å²) in [5, 5.41) is 3.47. The van der Waals surface area contributed by atoms with Gasteiger partial charge in [-0.05, 0) is 25.3 Å². The molecule has 0 saturated carbocycles. The Bertz CT molecular complexity index is 305. The average molecular weight is 235 g/mol. The molecule has 0 radical (unpaired) electrons. The Hall–Kier alpha value is -0.860. The Kier molecular flexibility index (Phi) is 6.23. The lowest BCUT2D eigenvalue weighted by Crippen LogP contribution is -2.23. The molecule has 0 spiro atoms. The van der Waals surface area contributed by atoms with E-state index in [1.165, 1.54) is 11.1 Å². The Morgan fingerprint density at radius 2 is 1.76 bits per heavy atom. The van der Waals surface area contributed by atoms with Gasteiger partial charge in [0.05, 0.1) is 6.61 Å². The summed E-state index contributed by atoms with van der Waals surface area (Å²) in [5.74, 6) is 0.615. The first-order valence-electron chi connectivity index (χ1n) is 6.47. The van der Waals surface area contributed by atoms with E-state index in [-0.39, 0.29) is 0 Å². The van der Waals surface area contributed by atoms with Gasteiger partial charge >= 0.3 is 0 Å². The van der Waals surface area contributed by atoms with E-state index in [2.05, 4.69) is 57.3 Å². The largest absolute Gasteiger partial charge is 0.380 e. The highest BCUT2D eigenvalue weighted by atomic mass is 16.5. The van der Waals surface area contributed by atoms with Gasteiger partial charge < -0.3 is 10.1 Å². The van der Waals surface area contributed by atoms with Crippen LogP contribution >= 0.6 is 0 Å². The quantitative estimate of drug-likeness (QED) is 0.732. The highest BCUT2D eigenvalue weighted by Crippen LogP contribution is 2.12. The van der Waals surface area contributed by atoms with E-state index in [4.69, 9.17) is 4.74 Å². The predicted molar refractivity (Wildman–Crippen MR) is 73.3 cm³/mol. The van der Waals surface area contributed by atoms with Crippen LogP contribution in [0.25, 0.3) is 0 Å². The zero-order valence-corrected chi connectivity index (χ0v) is 11.5. The molecule has 0 fully saturated rings. The van der Waals surface area contributed by atoms with Gasteiger partial charge in [0.25, 0.3) is 0 Å². The summed E-state index contributed by atoms with van der Waals surface area (Å²) in [6, 6.07) is 9.06. The Balaban J connectivity index is 2.21. The van der Waals surface area contributed by atoms with Crippen molar-refractivity contribution in [1.29, 1.82) is 0 Å².